The molecule has 0 rings (SSSR count). The molecule has 0 heterocycles. The van der Waals surface area contributed by atoms with Gasteiger partial charge in [-0.05, 0) is 19.3 Å². The predicted molar refractivity (Wildman–Crippen MR) is 110 cm³/mol. The molecular formula is C17H31N5O7S. The average Bonchev–Trinajstić information content (AvgIpc) is 2.61. The molecule has 0 spiro atoms. The molecule has 0 aliphatic carbocycles. The van der Waals surface area contributed by atoms with Crippen LogP contribution in [0.5, 0.6) is 0 Å². The second-order valence-electron chi connectivity index (χ2n) is 7.28. The summed E-state index contributed by atoms with van der Waals surface area (Å²) in [6, 6.07) is -5.18. The van der Waals surface area contributed by atoms with Gasteiger partial charge >= 0.3 is 5.97 Å². The zero-order valence-electron chi connectivity index (χ0n) is 17.1. The number of hydrogen-bond donors (Lipinski definition) is 8. The van der Waals surface area contributed by atoms with Gasteiger partial charge in [0, 0.05) is 5.75 Å². The quantitative estimate of drug-likeness (QED) is 0.136. The van der Waals surface area contributed by atoms with Crippen molar-refractivity contribution in [2.24, 2.45) is 17.4 Å². The number of rotatable bonds is 13. The van der Waals surface area contributed by atoms with E-state index < -0.39 is 66.3 Å². The first kappa shape index (κ1) is 27.6. The van der Waals surface area contributed by atoms with Crippen molar-refractivity contribution in [3.05, 3.63) is 0 Å². The maximum absolute atomic E-state index is 12.7. The van der Waals surface area contributed by atoms with Gasteiger partial charge in [0.2, 0.25) is 23.6 Å². The molecule has 0 saturated carbocycles. The zero-order valence-corrected chi connectivity index (χ0v) is 18.0. The standard InChI is InChI=1S/C17H31N5O7S/c1-7(2)4-10(20-14(25)9(18)5-12(19)24)15(26)22-13(8(3)23)16(27)21-11(6-30)17(28)29/h7-11,13,23,30H,4-6,18H2,1-3H3,(H2,19,24)(H,20,25)(H,21,27)(H,22,26)(H,28,29). The highest BCUT2D eigenvalue weighted by molar-refractivity contribution is 7.80. The van der Waals surface area contributed by atoms with Gasteiger partial charge in [0.25, 0.3) is 0 Å². The lowest BCUT2D eigenvalue weighted by atomic mass is 10.0. The number of aliphatic hydroxyl groups excluding tert-OH is 1. The minimum atomic E-state index is -1.48. The van der Waals surface area contributed by atoms with Crippen molar-refractivity contribution in [3.63, 3.8) is 0 Å². The Morgan fingerprint density at radius 2 is 1.47 bits per heavy atom. The number of aliphatic hydroxyl groups is 1. The summed E-state index contributed by atoms with van der Waals surface area (Å²) in [5.41, 5.74) is 10.6. The van der Waals surface area contributed by atoms with Gasteiger partial charge < -0.3 is 37.6 Å². The Bertz CT molecular complexity index is 644. The van der Waals surface area contributed by atoms with Crippen LogP contribution in [-0.2, 0) is 24.0 Å². The number of hydrogen-bond acceptors (Lipinski definition) is 8. The molecule has 9 N–H and O–H groups in total. The molecule has 0 bridgehead atoms. The number of thiol groups is 1. The largest absolute Gasteiger partial charge is 0.480 e. The summed E-state index contributed by atoms with van der Waals surface area (Å²) in [4.78, 5) is 59.2. The molecular weight excluding hydrogens is 418 g/mol. The molecule has 0 aliphatic heterocycles. The highest BCUT2D eigenvalue weighted by atomic mass is 32.1. The Morgan fingerprint density at radius 3 is 1.87 bits per heavy atom. The Balaban J connectivity index is 5.35. The van der Waals surface area contributed by atoms with Crippen LogP contribution in [0.2, 0.25) is 0 Å². The fourth-order valence-electron chi connectivity index (χ4n) is 2.40. The molecule has 0 fully saturated rings. The fraction of sp³-hybridized carbons (Fsp3) is 0.706. The first-order chi connectivity index (χ1) is 13.8. The molecule has 12 nitrogen and oxygen atoms in total. The van der Waals surface area contributed by atoms with Crippen molar-refractivity contribution >= 4 is 42.2 Å². The van der Waals surface area contributed by atoms with Crippen LogP contribution in [0.15, 0.2) is 0 Å². The van der Waals surface area contributed by atoms with Gasteiger partial charge in [-0.15, -0.1) is 0 Å². The summed E-state index contributed by atoms with van der Waals surface area (Å²) < 4.78 is 0. The van der Waals surface area contributed by atoms with Crippen LogP contribution in [0.3, 0.4) is 0 Å². The summed E-state index contributed by atoms with van der Waals surface area (Å²) >= 11 is 3.83. The van der Waals surface area contributed by atoms with Crippen molar-refractivity contribution < 1.29 is 34.2 Å². The minimum absolute atomic E-state index is 0.0483. The molecule has 13 heteroatoms. The summed E-state index contributed by atoms with van der Waals surface area (Å²) in [6.45, 7) is 4.82. The molecule has 4 amide bonds. The Hall–Kier alpha value is -2.38. The molecule has 0 aliphatic rings. The van der Waals surface area contributed by atoms with Crippen LogP contribution in [0, 0.1) is 5.92 Å². The van der Waals surface area contributed by atoms with Gasteiger partial charge in [-0.2, -0.15) is 12.6 Å². The normalized spacial score (nSPS) is 16.0. The van der Waals surface area contributed by atoms with Gasteiger partial charge in [-0.1, -0.05) is 13.8 Å². The Labute approximate surface area is 179 Å². The van der Waals surface area contributed by atoms with Crippen LogP contribution in [0.25, 0.3) is 0 Å². The molecule has 0 aromatic carbocycles. The van der Waals surface area contributed by atoms with Crippen LogP contribution in [-0.4, -0.2) is 75.8 Å². The molecule has 5 atom stereocenters. The number of amides is 4. The third-order valence-corrected chi connectivity index (χ3v) is 4.32. The lowest BCUT2D eigenvalue weighted by molar-refractivity contribution is -0.142. The predicted octanol–water partition coefficient (Wildman–Crippen LogP) is -2.92. The molecule has 30 heavy (non-hydrogen) atoms. The monoisotopic (exact) mass is 449 g/mol. The maximum atomic E-state index is 12.7. The van der Waals surface area contributed by atoms with Gasteiger partial charge in [0.15, 0.2) is 0 Å². The van der Waals surface area contributed by atoms with Crippen LogP contribution in [0.4, 0.5) is 0 Å². The number of nitrogens with one attached hydrogen (secondary N) is 3. The third kappa shape index (κ3) is 9.89. The second kappa shape index (κ2) is 13.0. The van der Waals surface area contributed by atoms with E-state index in [1.807, 2.05) is 0 Å². The summed E-state index contributed by atoms with van der Waals surface area (Å²) in [6.07, 6.45) is -1.61. The summed E-state index contributed by atoms with van der Waals surface area (Å²) in [5.74, 6) is -4.87. The number of carboxylic acids is 1. The van der Waals surface area contributed by atoms with Gasteiger partial charge in [0.05, 0.1) is 18.6 Å². The fourth-order valence-corrected chi connectivity index (χ4v) is 2.64. The lowest BCUT2D eigenvalue weighted by Gasteiger charge is -2.27. The Morgan fingerprint density at radius 1 is 0.933 bits per heavy atom. The van der Waals surface area contributed by atoms with Crippen LogP contribution in [0.1, 0.15) is 33.6 Å². The first-order valence-electron chi connectivity index (χ1n) is 9.26. The number of primary amides is 1. The van der Waals surface area contributed by atoms with Gasteiger partial charge in [-0.25, -0.2) is 4.79 Å². The van der Waals surface area contributed by atoms with E-state index in [2.05, 4.69) is 28.6 Å². The topological polar surface area (TPSA) is 214 Å². The SMILES string of the molecule is CC(C)CC(NC(=O)C(N)CC(N)=O)C(=O)NC(C(=O)NC(CS)C(=O)O)C(C)O. The summed E-state index contributed by atoms with van der Waals surface area (Å²) in [7, 11) is 0. The number of nitrogens with two attached hydrogens (primary N) is 2. The average molecular weight is 450 g/mol. The third-order valence-electron chi connectivity index (χ3n) is 3.96. The second-order valence-corrected chi connectivity index (χ2v) is 7.64. The van der Waals surface area contributed by atoms with Crippen molar-refractivity contribution in [3.8, 4) is 0 Å². The van der Waals surface area contributed by atoms with E-state index in [-0.39, 0.29) is 18.1 Å². The van der Waals surface area contributed by atoms with E-state index in [1.165, 1.54) is 6.92 Å². The number of carbonyl (C=O) groups is 5. The van der Waals surface area contributed by atoms with E-state index in [4.69, 9.17) is 16.6 Å². The van der Waals surface area contributed by atoms with E-state index in [0.717, 1.165) is 0 Å². The first-order valence-corrected chi connectivity index (χ1v) is 9.90. The molecule has 0 saturated heterocycles. The van der Waals surface area contributed by atoms with Crippen molar-refractivity contribution in [1.29, 1.82) is 0 Å². The molecule has 0 aromatic heterocycles. The summed E-state index contributed by atoms with van der Waals surface area (Å²) in [5, 5.41) is 25.8. The number of aliphatic carboxylic acids is 1. The van der Waals surface area contributed by atoms with Crippen molar-refractivity contribution in [1.82, 2.24) is 16.0 Å². The molecule has 172 valence electrons. The molecule has 5 unspecified atom stereocenters. The smallest absolute Gasteiger partial charge is 0.327 e. The van der Waals surface area contributed by atoms with Gasteiger partial charge in [0.1, 0.15) is 18.1 Å². The van der Waals surface area contributed by atoms with E-state index in [0.29, 0.717) is 0 Å². The maximum Gasteiger partial charge on any atom is 0.327 e. The number of carboxylic acid groups (broad SMARTS) is 1. The van der Waals surface area contributed by atoms with Crippen LogP contribution < -0.4 is 27.4 Å². The molecule has 0 radical (unpaired) electrons. The number of carbonyl (C=O) groups excluding carboxylic acids is 4. The van der Waals surface area contributed by atoms with E-state index >= 15 is 0 Å². The minimum Gasteiger partial charge on any atom is -0.480 e. The van der Waals surface area contributed by atoms with Crippen LogP contribution >= 0.6 is 12.6 Å². The lowest BCUT2D eigenvalue weighted by Crippen LogP contribution is -2.60. The Kier molecular flexibility index (Phi) is 12.0. The highest BCUT2D eigenvalue weighted by Gasteiger charge is 2.32. The van der Waals surface area contributed by atoms with Gasteiger partial charge in [-0.3, -0.25) is 19.2 Å². The van der Waals surface area contributed by atoms with Crippen molar-refractivity contribution in [2.45, 2.75) is 63.9 Å². The zero-order chi connectivity index (χ0) is 23.6. The molecule has 0 aromatic rings. The van der Waals surface area contributed by atoms with E-state index in [9.17, 15) is 29.1 Å². The van der Waals surface area contributed by atoms with E-state index in [1.54, 1.807) is 13.8 Å². The van der Waals surface area contributed by atoms with Crippen molar-refractivity contribution in [2.75, 3.05) is 5.75 Å². The highest BCUT2D eigenvalue weighted by Crippen LogP contribution is 2.07.